The largest absolute Gasteiger partial charge is 0.463 e. The van der Waals surface area contributed by atoms with Crippen molar-refractivity contribution in [3.63, 3.8) is 0 Å². The van der Waals surface area contributed by atoms with Crippen molar-refractivity contribution in [3.8, 4) is 0 Å². The number of carbonyl (C=O) groups is 1. The first-order valence-electron chi connectivity index (χ1n) is 9.50. The van der Waals surface area contributed by atoms with E-state index in [-0.39, 0.29) is 11.1 Å². The molecule has 39 heavy (non-hydrogen) atoms. The molecule has 0 aromatic carbocycles. The highest BCUT2D eigenvalue weighted by atomic mass is 32.2. The molecule has 0 aromatic heterocycles. The summed E-state index contributed by atoms with van der Waals surface area (Å²) in [6.45, 7) is 1.92. The van der Waals surface area contributed by atoms with Gasteiger partial charge >= 0.3 is 63.0 Å². The molecule has 0 saturated heterocycles. The van der Waals surface area contributed by atoms with Crippen LogP contribution in [-0.4, -0.2) is 68.0 Å². The average Bonchev–Trinajstić information content (AvgIpc) is 2.74. The second-order valence-corrected chi connectivity index (χ2v) is 8.98. The molecule has 0 heterocycles. The summed E-state index contributed by atoms with van der Waals surface area (Å²) in [6, 6.07) is 0. The third kappa shape index (κ3) is 5.55. The van der Waals surface area contributed by atoms with E-state index in [9.17, 15) is 87.8 Å². The minimum Gasteiger partial charge on any atom is -0.463 e. The van der Waals surface area contributed by atoms with Crippen LogP contribution < -0.4 is 4.72 Å². The van der Waals surface area contributed by atoms with Gasteiger partial charge in [-0.25, -0.2) is 4.79 Å². The highest BCUT2D eigenvalue weighted by molar-refractivity contribution is 7.90. The summed E-state index contributed by atoms with van der Waals surface area (Å²) in [7, 11) is -7.55. The maximum Gasteiger partial charge on any atom is 0.460 e. The Morgan fingerprint density at radius 1 is 0.667 bits per heavy atom. The first-order valence-corrected chi connectivity index (χ1v) is 11.0. The molecular formula is C16H14F17NO4S. The van der Waals surface area contributed by atoms with Crippen molar-refractivity contribution in [1.29, 1.82) is 0 Å². The number of ether oxygens (including phenoxy) is 1. The van der Waals surface area contributed by atoms with E-state index in [1.807, 2.05) is 0 Å². The molecule has 0 rings (SSSR count). The van der Waals surface area contributed by atoms with E-state index in [4.69, 9.17) is 0 Å². The zero-order valence-electron chi connectivity index (χ0n) is 18.7. The third-order valence-corrected chi connectivity index (χ3v) is 5.84. The average molecular weight is 639 g/mol. The Balaban J connectivity index is 6.88. The summed E-state index contributed by atoms with van der Waals surface area (Å²) in [5.74, 6) is -53.6. The van der Waals surface area contributed by atoms with Gasteiger partial charge in [0.1, 0.15) is 0 Å². The maximum atomic E-state index is 14.0. The van der Waals surface area contributed by atoms with E-state index in [1.165, 1.54) is 6.92 Å². The molecule has 0 aliphatic heterocycles. The van der Waals surface area contributed by atoms with Gasteiger partial charge in [-0.05, 0) is 13.3 Å². The molecule has 0 aromatic rings. The number of hydrogen-bond donors (Lipinski definition) is 1. The zero-order valence-corrected chi connectivity index (χ0v) is 19.5. The fourth-order valence-electron chi connectivity index (χ4n) is 2.27. The summed E-state index contributed by atoms with van der Waals surface area (Å²) in [4.78, 5) is 11.6. The van der Waals surface area contributed by atoms with Crippen molar-refractivity contribution in [3.05, 3.63) is 11.8 Å². The van der Waals surface area contributed by atoms with Crippen LogP contribution >= 0.6 is 0 Å². The molecule has 0 aliphatic carbocycles. The van der Waals surface area contributed by atoms with E-state index in [1.54, 1.807) is 0 Å². The Labute approximate surface area is 206 Å². The Bertz CT molecular complexity index is 1030. The monoisotopic (exact) mass is 639 g/mol. The van der Waals surface area contributed by atoms with Gasteiger partial charge in [0.25, 0.3) is 0 Å². The van der Waals surface area contributed by atoms with E-state index in [2.05, 4.69) is 4.74 Å². The van der Waals surface area contributed by atoms with Gasteiger partial charge in [0.2, 0.25) is 0 Å². The number of alkyl halides is 17. The molecule has 0 aliphatic rings. The molecule has 0 bridgehead atoms. The SMILES string of the molecule is CCCC(=CNS(=O)(=O)C(F)(F)C(F)(F)C(F)(F)C(F)(F)C(F)(F)C(F)(F)C(F)(F)C(F)(F)F)C(=O)OCC. The van der Waals surface area contributed by atoms with Crippen LogP contribution in [0.2, 0.25) is 0 Å². The van der Waals surface area contributed by atoms with Crippen molar-refractivity contribution in [2.75, 3.05) is 6.61 Å². The third-order valence-electron chi connectivity index (χ3n) is 4.48. The van der Waals surface area contributed by atoms with E-state index < -0.39 is 87.8 Å². The molecule has 0 radical (unpaired) electrons. The van der Waals surface area contributed by atoms with Crippen molar-refractivity contribution >= 4 is 16.0 Å². The van der Waals surface area contributed by atoms with Gasteiger partial charge < -0.3 is 4.74 Å². The quantitative estimate of drug-likeness (QED) is 0.150. The topological polar surface area (TPSA) is 72.5 Å². The van der Waals surface area contributed by atoms with Crippen molar-refractivity contribution < 1.29 is 92.6 Å². The Hall–Kier alpha value is -2.23. The molecule has 0 spiro atoms. The molecule has 0 atom stereocenters. The van der Waals surface area contributed by atoms with Crippen molar-refractivity contribution in [2.45, 2.75) is 73.7 Å². The first kappa shape index (κ1) is 36.8. The molecule has 232 valence electrons. The van der Waals surface area contributed by atoms with Crippen LogP contribution in [0.1, 0.15) is 26.7 Å². The van der Waals surface area contributed by atoms with Gasteiger partial charge in [-0.1, -0.05) is 13.3 Å². The summed E-state index contributed by atoms with van der Waals surface area (Å²) in [5, 5.41) is -7.73. The van der Waals surface area contributed by atoms with Crippen LogP contribution in [0.5, 0.6) is 0 Å². The van der Waals surface area contributed by atoms with Crippen LogP contribution in [0, 0.1) is 0 Å². The number of rotatable bonds is 13. The summed E-state index contributed by atoms with van der Waals surface area (Å²) in [5.41, 5.74) is -0.986. The van der Waals surface area contributed by atoms with Crippen molar-refractivity contribution in [2.24, 2.45) is 0 Å². The molecule has 1 N–H and O–H groups in total. The molecule has 0 unspecified atom stereocenters. The Morgan fingerprint density at radius 2 is 1.03 bits per heavy atom. The lowest BCUT2D eigenvalue weighted by molar-refractivity contribution is -0.458. The summed E-state index contributed by atoms with van der Waals surface area (Å²) in [6.07, 6.45) is -9.06. The predicted octanol–water partition coefficient (Wildman–Crippen LogP) is 6.12. The Morgan fingerprint density at radius 3 is 1.36 bits per heavy atom. The molecule has 23 heteroatoms. The highest BCUT2D eigenvalue weighted by Crippen LogP contribution is 2.64. The minimum atomic E-state index is -8.92. The zero-order chi connectivity index (χ0) is 31.9. The van der Waals surface area contributed by atoms with E-state index in [0.717, 1.165) is 6.92 Å². The van der Waals surface area contributed by atoms with Gasteiger partial charge in [0.15, 0.2) is 0 Å². The molecule has 5 nitrogen and oxygen atoms in total. The fourth-order valence-corrected chi connectivity index (χ4v) is 3.18. The molecular weight excluding hydrogens is 625 g/mol. The number of sulfonamides is 1. The molecule has 0 amide bonds. The number of nitrogens with one attached hydrogen (secondary N) is 1. The van der Waals surface area contributed by atoms with Crippen molar-refractivity contribution in [1.82, 2.24) is 4.72 Å². The summed E-state index contributed by atoms with van der Waals surface area (Å²) < 4.78 is 253. The maximum absolute atomic E-state index is 14.0. The number of hydrogen-bond acceptors (Lipinski definition) is 4. The number of carbonyl (C=O) groups excluding carboxylic acids is 1. The number of halogens is 17. The van der Waals surface area contributed by atoms with Crippen LogP contribution in [0.4, 0.5) is 74.6 Å². The number of esters is 1. The lowest BCUT2D eigenvalue weighted by atomic mass is 9.91. The van der Waals surface area contributed by atoms with E-state index >= 15 is 0 Å². The van der Waals surface area contributed by atoms with Crippen LogP contribution in [0.3, 0.4) is 0 Å². The first-order chi connectivity index (χ1) is 16.9. The van der Waals surface area contributed by atoms with Crippen LogP contribution in [-0.2, 0) is 19.6 Å². The van der Waals surface area contributed by atoms with Crippen LogP contribution in [0.15, 0.2) is 11.8 Å². The second kappa shape index (κ2) is 10.6. The highest BCUT2D eigenvalue weighted by Gasteiger charge is 2.96. The van der Waals surface area contributed by atoms with Gasteiger partial charge in [-0.2, -0.15) is 83.1 Å². The fraction of sp³-hybridized carbons (Fsp3) is 0.812. The lowest BCUT2D eigenvalue weighted by Gasteiger charge is -2.42. The van der Waals surface area contributed by atoms with E-state index in [0.29, 0.717) is 0 Å². The Kier molecular flexibility index (Phi) is 10.0. The van der Waals surface area contributed by atoms with Gasteiger partial charge in [0, 0.05) is 6.20 Å². The standard InChI is InChI=1S/C16H14F17NO4S/c1-3-5-7(8(35)38-4-2)6-34-39(36,37)16(32,33)14(27,28)12(23,24)10(19,20)9(17,18)11(21,22)13(25,26)15(29,30)31/h6,34H,3-5H2,1-2H3. The normalized spacial score (nSPS) is 15.8. The minimum absolute atomic E-state index is 0.144. The predicted molar refractivity (Wildman–Crippen MR) is 92.4 cm³/mol. The lowest BCUT2D eigenvalue weighted by Crippen LogP contribution is -2.75. The summed E-state index contributed by atoms with van der Waals surface area (Å²) >= 11 is 0. The van der Waals surface area contributed by atoms with Gasteiger partial charge in [-0.3, -0.25) is 4.72 Å². The molecule has 0 saturated carbocycles. The van der Waals surface area contributed by atoms with Crippen LogP contribution in [0.25, 0.3) is 0 Å². The van der Waals surface area contributed by atoms with Gasteiger partial charge in [0.05, 0.1) is 12.2 Å². The molecule has 0 fully saturated rings. The smallest absolute Gasteiger partial charge is 0.460 e. The second-order valence-electron chi connectivity index (χ2n) is 7.22. The van der Waals surface area contributed by atoms with Gasteiger partial charge in [-0.15, -0.1) is 0 Å².